The molecule has 0 saturated carbocycles. The lowest BCUT2D eigenvalue weighted by atomic mass is 10.1. The van der Waals surface area contributed by atoms with Crippen molar-refractivity contribution in [1.29, 1.82) is 0 Å². The van der Waals surface area contributed by atoms with Crippen LogP contribution in [0.5, 0.6) is 0 Å². The van der Waals surface area contributed by atoms with Gasteiger partial charge in [-0.15, -0.1) is 0 Å². The van der Waals surface area contributed by atoms with Crippen LogP contribution >= 0.6 is 0 Å². The molecule has 0 unspecified atom stereocenters. The van der Waals surface area contributed by atoms with Gasteiger partial charge in [0.05, 0.1) is 5.52 Å². The Morgan fingerprint density at radius 1 is 0.386 bits per heavy atom. The molecule has 4 heterocycles. The molecule has 0 bridgehead atoms. The first-order chi connectivity index (χ1) is 21.8. The maximum atomic E-state index is 6.41. The minimum absolute atomic E-state index is 0.825. The molecular weight excluding hydrogens is 544 g/mol. The Morgan fingerprint density at radius 2 is 0.909 bits per heavy atom. The molecule has 5 nitrogen and oxygen atoms in total. The highest BCUT2D eigenvalue weighted by Crippen LogP contribution is 2.43. The molecule has 0 atom stereocenters. The fourth-order valence-corrected chi connectivity index (χ4v) is 6.64. The van der Waals surface area contributed by atoms with Crippen LogP contribution in [0.1, 0.15) is 0 Å². The Kier molecular flexibility index (Phi) is 4.66. The van der Waals surface area contributed by atoms with Crippen LogP contribution < -0.4 is 4.90 Å². The van der Waals surface area contributed by atoms with E-state index in [2.05, 4.69) is 77.7 Å². The van der Waals surface area contributed by atoms with E-state index in [1.165, 1.54) is 0 Å². The molecule has 0 aliphatic heterocycles. The second-order valence-electron chi connectivity index (χ2n) is 11.2. The van der Waals surface area contributed by atoms with Crippen molar-refractivity contribution in [2.75, 3.05) is 4.90 Å². The predicted octanol–water partition coefficient (Wildman–Crippen LogP) is 11.4. The highest BCUT2D eigenvalue weighted by molar-refractivity contribution is 6.15. The zero-order valence-corrected chi connectivity index (χ0v) is 23.3. The summed E-state index contributed by atoms with van der Waals surface area (Å²) in [5.74, 6) is 0. The van der Waals surface area contributed by atoms with Gasteiger partial charge in [0.1, 0.15) is 33.5 Å². The smallest absolute Gasteiger partial charge is 0.146 e. The van der Waals surface area contributed by atoms with Crippen molar-refractivity contribution in [2.24, 2.45) is 0 Å². The van der Waals surface area contributed by atoms with Gasteiger partial charge in [0.15, 0.2) is 0 Å². The minimum Gasteiger partial charge on any atom is -0.456 e. The second-order valence-corrected chi connectivity index (χ2v) is 11.2. The number of hydrogen-bond acceptors (Lipinski definition) is 5. The summed E-state index contributed by atoms with van der Waals surface area (Å²) in [5, 5.41) is 7.37. The van der Waals surface area contributed by atoms with Crippen LogP contribution in [-0.4, -0.2) is 4.98 Å². The number of benzene rings is 6. The van der Waals surface area contributed by atoms with E-state index in [0.717, 1.165) is 93.8 Å². The van der Waals surface area contributed by atoms with Crippen molar-refractivity contribution in [3.8, 4) is 0 Å². The lowest BCUT2D eigenvalue weighted by Gasteiger charge is -2.25. The maximum Gasteiger partial charge on any atom is 0.146 e. The molecule has 10 rings (SSSR count). The van der Waals surface area contributed by atoms with Crippen LogP contribution in [0.4, 0.5) is 17.1 Å². The number of aromatic nitrogens is 1. The summed E-state index contributed by atoms with van der Waals surface area (Å²) in [4.78, 5) is 7.00. The molecule has 0 aliphatic carbocycles. The fourth-order valence-electron chi connectivity index (χ4n) is 6.64. The van der Waals surface area contributed by atoms with Crippen molar-refractivity contribution >= 4 is 93.8 Å². The van der Waals surface area contributed by atoms with Crippen LogP contribution in [0, 0.1) is 0 Å². The lowest BCUT2D eigenvalue weighted by Crippen LogP contribution is -2.09. The van der Waals surface area contributed by atoms with Gasteiger partial charge < -0.3 is 18.2 Å². The molecule has 0 spiro atoms. The number of furan rings is 3. The first-order valence-corrected chi connectivity index (χ1v) is 14.6. The molecule has 6 aromatic carbocycles. The SMILES string of the molecule is c1ccc2c(c1)ncc1c3cc(N(c4ccc5c(c4)oc4ccccc45)c4ccc5oc6ccccc6c5c4)ccc3oc21. The lowest BCUT2D eigenvalue weighted by molar-refractivity contribution is 0.668. The van der Waals surface area contributed by atoms with E-state index in [1.54, 1.807) is 0 Å². The van der Waals surface area contributed by atoms with E-state index in [4.69, 9.17) is 18.2 Å². The number of anilines is 3. The van der Waals surface area contributed by atoms with Crippen molar-refractivity contribution < 1.29 is 13.3 Å². The second kappa shape index (κ2) is 8.72. The average molecular weight is 567 g/mol. The first kappa shape index (κ1) is 23.5. The van der Waals surface area contributed by atoms with E-state index in [9.17, 15) is 0 Å². The van der Waals surface area contributed by atoms with Gasteiger partial charge in [-0.3, -0.25) is 4.98 Å². The Labute approximate surface area is 250 Å². The molecule has 10 aromatic rings. The molecule has 0 saturated heterocycles. The van der Waals surface area contributed by atoms with E-state index in [0.29, 0.717) is 0 Å². The van der Waals surface area contributed by atoms with Crippen LogP contribution in [0.25, 0.3) is 76.7 Å². The standard InChI is InChI=1S/C39H22N2O3/c1-4-10-33-29(9-1)39-32(22-40-33)31-20-24(15-18-37(31)44-39)41(23-14-17-36-30(19-23)27-8-3-6-12-35(27)42-36)25-13-16-28-26-7-2-5-11-34(26)43-38(28)21-25/h1-22H. The molecule has 0 radical (unpaired) electrons. The number of para-hydroxylation sites is 3. The van der Waals surface area contributed by atoms with Gasteiger partial charge in [0.25, 0.3) is 0 Å². The number of pyridine rings is 1. The number of rotatable bonds is 3. The molecular formula is C39H22N2O3. The Morgan fingerprint density at radius 3 is 1.68 bits per heavy atom. The third-order valence-electron chi connectivity index (χ3n) is 8.69. The van der Waals surface area contributed by atoms with Crippen LogP contribution in [0.3, 0.4) is 0 Å². The number of hydrogen-bond donors (Lipinski definition) is 0. The maximum absolute atomic E-state index is 6.41. The molecule has 206 valence electrons. The Balaban J connectivity index is 1.23. The van der Waals surface area contributed by atoms with Crippen molar-refractivity contribution in [3.63, 3.8) is 0 Å². The largest absolute Gasteiger partial charge is 0.456 e. The summed E-state index contributed by atoms with van der Waals surface area (Å²) in [6.45, 7) is 0. The van der Waals surface area contributed by atoms with Crippen molar-refractivity contribution in [1.82, 2.24) is 4.98 Å². The molecule has 0 amide bonds. The summed E-state index contributed by atoms with van der Waals surface area (Å²) in [7, 11) is 0. The Bertz CT molecular complexity index is 2750. The predicted molar refractivity (Wildman–Crippen MR) is 178 cm³/mol. The van der Waals surface area contributed by atoms with Gasteiger partial charge in [0, 0.05) is 67.0 Å². The molecule has 0 aliphatic rings. The summed E-state index contributed by atoms with van der Waals surface area (Å²) in [6, 6.07) is 43.6. The van der Waals surface area contributed by atoms with Crippen LogP contribution in [-0.2, 0) is 0 Å². The normalized spacial score (nSPS) is 12.1. The van der Waals surface area contributed by atoms with Crippen LogP contribution in [0.2, 0.25) is 0 Å². The monoisotopic (exact) mass is 566 g/mol. The first-order valence-electron chi connectivity index (χ1n) is 14.6. The van der Waals surface area contributed by atoms with Gasteiger partial charge in [-0.25, -0.2) is 0 Å². The van der Waals surface area contributed by atoms with Crippen molar-refractivity contribution in [2.45, 2.75) is 0 Å². The van der Waals surface area contributed by atoms with E-state index in [1.807, 2.05) is 60.8 Å². The zero-order valence-electron chi connectivity index (χ0n) is 23.3. The van der Waals surface area contributed by atoms with Gasteiger partial charge in [-0.2, -0.15) is 0 Å². The third-order valence-corrected chi connectivity index (χ3v) is 8.69. The van der Waals surface area contributed by atoms with Gasteiger partial charge in [0.2, 0.25) is 0 Å². The van der Waals surface area contributed by atoms with Crippen LogP contribution in [0.15, 0.2) is 147 Å². The molecule has 44 heavy (non-hydrogen) atoms. The zero-order chi connectivity index (χ0) is 28.8. The molecule has 4 aromatic heterocycles. The molecule has 5 heteroatoms. The highest BCUT2D eigenvalue weighted by Gasteiger charge is 2.19. The quantitative estimate of drug-likeness (QED) is 0.213. The van der Waals surface area contributed by atoms with E-state index in [-0.39, 0.29) is 0 Å². The highest BCUT2D eigenvalue weighted by atomic mass is 16.3. The summed E-state index contributed by atoms with van der Waals surface area (Å²) in [5.41, 5.74) is 9.04. The average Bonchev–Trinajstić information content (AvgIpc) is 3.75. The van der Waals surface area contributed by atoms with Gasteiger partial charge >= 0.3 is 0 Å². The third kappa shape index (κ3) is 3.32. The number of nitrogens with zero attached hydrogens (tertiary/aromatic N) is 2. The molecule has 0 fully saturated rings. The summed E-state index contributed by atoms with van der Waals surface area (Å²) >= 11 is 0. The Hall–Kier alpha value is -6.07. The van der Waals surface area contributed by atoms with E-state index < -0.39 is 0 Å². The van der Waals surface area contributed by atoms with E-state index >= 15 is 0 Å². The van der Waals surface area contributed by atoms with Crippen molar-refractivity contribution in [3.05, 3.63) is 134 Å². The number of fused-ring (bicyclic) bond motifs is 11. The summed E-state index contributed by atoms with van der Waals surface area (Å²) in [6.07, 6.45) is 1.92. The topological polar surface area (TPSA) is 55.6 Å². The summed E-state index contributed by atoms with van der Waals surface area (Å²) < 4.78 is 18.9. The minimum atomic E-state index is 0.825. The van der Waals surface area contributed by atoms with Gasteiger partial charge in [-0.1, -0.05) is 48.5 Å². The fraction of sp³-hybridized carbons (Fsp3) is 0. The van der Waals surface area contributed by atoms with Gasteiger partial charge in [-0.05, 0) is 72.8 Å². The molecule has 0 N–H and O–H groups in total.